The average Bonchev–Trinajstić information content (AvgIpc) is 2.29. The van der Waals surface area contributed by atoms with Gasteiger partial charge in [-0.05, 0) is 42.3 Å². The highest BCUT2D eigenvalue weighted by Crippen LogP contribution is 2.27. The van der Waals surface area contributed by atoms with Gasteiger partial charge in [0.1, 0.15) is 0 Å². The Morgan fingerprint density at radius 1 is 1.12 bits per heavy atom. The molecule has 2 aromatic rings. The van der Waals surface area contributed by atoms with Gasteiger partial charge in [-0.2, -0.15) is 0 Å². The van der Waals surface area contributed by atoms with Gasteiger partial charge in [-0.25, -0.2) is 0 Å². The molecule has 0 amide bonds. The van der Waals surface area contributed by atoms with Crippen molar-refractivity contribution in [2.75, 3.05) is 6.54 Å². The first-order valence-electron chi connectivity index (χ1n) is 5.95. The molecule has 0 saturated heterocycles. The van der Waals surface area contributed by atoms with Gasteiger partial charge in [-0.1, -0.05) is 43.3 Å². The fourth-order valence-electron chi connectivity index (χ4n) is 2.39. The van der Waals surface area contributed by atoms with Crippen molar-refractivity contribution < 1.29 is 0 Å². The topological polar surface area (TPSA) is 12.0 Å². The Bertz CT molecular complexity index is 488. The summed E-state index contributed by atoms with van der Waals surface area (Å²) in [5.74, 6) is 0. The molecule has 0 aliphatic rings. The van der Waals surface area contributed by atoms with Crippen molar-refractivity contribution in [3.8, 4) is 0 Å². The fourth-order valence-corrected chi connectivity index (χ4v) is 2.39. The first kappa shape index (κ1) is 11.2. The second-order valence-corrected chi connectivity index (χ2v) is 4.30. The number of fused-ring (bicyclic) bond motifs is 1. The Hall–Kier alpha value is -1.34. The zero-order valence-corrected chi connectivity index (χ0v) is 10.2. The summed E-state index contributed by atoms with van der Waals surface area (Å²) >= 11 is 0. The Morgan fingerprint density at radius 3 is 2.62 bits per heavy atom. The monoisotopic (exact) mass is 213 g/mol. The molecule has 0 aliphatic carbocycles. The van der Waals surface area contributed by atoms with Gasteiger partial charge in [0, 0.05) is 6.04 Å². The maximum atomic E-state index is 3.49. The van der Waals surface area contributed by atoms with Gasteiger partial charge in [-0.15, -0.1) is 0 Å². The van der Waals surface area contributed by atoms with Crippen LogP contribution in [0.5, 0.6) is 0 Å². The van der Waals surface area contributed by atoms with Gasteiger partial charge in [0.15, 0.2) is 0 Å². The molecule has 0 bridgehead atoms. The SMILES string of the molecule is CCNC(C)c1c(C)ccc2ccccc12. The minimum absolute atomic E-state index is 0.413. The molecule has 0 radical (unpaired) electrons. The fraction of sp³-hybridized carbons (Fsp3) is 0.333. The summed E-state index contributed by atoms with van der Waals surface area (Å²) in [7, 11) is 0. The van der Waals surface area contributed by atoms with Crippen molar-refractivity contribution in [3.63, 3.8) is 0 Å². The minimum atomic E-state index is 0.413. The Labute approximate surface area is 97.5 Å². The summed E-state index contributed by atoms with van der Waals surface area (Å²) in [6.45, 7) is 7.58. The van der Waals surface area contributed by atoms with E-state index in [4.69, 9.17) is 0 Å². The normalized spacial score (nSPS) is 12.9. The molecule has 1 atom stereocenters. The van der Waals surface area contributed by atoms with Crippen LogP contribution in [0.15, 0.2) is 36.4 Å². The summed E-state index contributed by atoms with van der Waals surface area (Å²) < 4.78 is 0. The predicted octanol–water partition coefficient (Wildman–Crippen LogP) is 3.82. The van der Waals surface area contributed by atoms with E-state index < -0.39 is 0 Å². The standard InChI is InChI=1S/C15H19N/c1-4-16-12(3)15-11(2)9-10-13-7-5-6-8-14(13)15/h5-10,12,16H,4H2,1-3H3. The van der Waals surface area contributed by atoms with Crippen LogP contribution in [-0.4, -0.2) is 6.54 Å². The van der Waals surface area contributed by atoms with Crippen LogP contribution in [0.2, 0.25) is 0 Å². The van der Waals surface area contributed by atoms with E-state index in [0.29, 0.717) is 6.04 Å². The summed E-state index contributed by atoms with van der Waals surface area (Å²) in [5, 5.41) is 6.19. The lowest BCUT2D eigenvalue weighted by atomic mass is 9.95. The molecule has 2 rings (SSSR count). The number of nitrogens with one attached hydrogen (secondary N) is 1. The van der Waals surface area contributed by atoms with Crippen LogP contribution in [0.1, 0.15) is 31.0 Å². The smallest absolute Gasteiger partial charge is 0.0300 e. The van der Waals surface area contributed by atoms with E-state index in [2.05, 4.69) is 62.5 Å². The van der Waals surface area contributed by atoms with Gasteiger partial charge in [-0.3, -0.25) is 0 Å². The van der Waals surface area contributed by atoms with Crippen LogP contribution in [0.4, 0.5) is 0 Å². The molecule has 0 saturated carbocycles. The molecule has 0 fully saturated rings. The molecule has 0 spiro atoms. The lowest BCUT2D eigenvalue weighted by molar-refractivity contribution is 0.599. The van der Waals surface area contributed by atoms with Gasteiger partial charge < -0.3 is 5.32 Å². The van der Waals surface area contributed by atoms with Crippen molar-refractivity contribution in [1.29, 1.82) is 0 Å². The number of hydrogen-bond donors (Lipinski definition) is 1. The first-order chi connectivity index (χ1) is 7.74. The molecule has 0 heterocycles. The molecule has 2 aromatic carbocycles. The first-order valence-corrected chi connectivity index (χ1v) is 5.95. The van der Waals surface area contributed by atoms with Gasteiger partial charge >= 0.3 is 0 Å². The number of hydrogen-bond acceptors (Lipinski definition) is 1. The van der Waals surface area contributed by atoms with E-state index in [1.807, 2.05) is 0 Å². The van der Waals surface area contributed by atoms with Gasteiger partial charge in [0.2, 0.25) is 0 Å². The largest absolute Gasteiger partial charge is 0.310 e. The van der Waals surface area contributed by atoms with Crippen molar-refractivity contribution in [3.05, 3.63) is 47.5 Å². The molecular weight excluding hydrogens is 194 g/mol. The molecule has 1 nitrogen and oxygen atoms in total. The van der Waals surface area contributed by atoms with Gasteiger partial charge in [0.05, 0.1) is 0 Å². The molecule has 1 unspecified atom stereocenters. The van der Waals surface area contributed by atoms with Crippen molar-refractivity contribution in [1.82, 2.24) is 5.32 Å². The van der Waals surface area contributed by atoms with E-state index in [9.17, 15) is 0 Å². The third-order valence-electron chi connectivity index (χ3n) is 3.13. The van der Waals surface area contributed by atoms with Crippen LogP contribution in [0, 0.1) is 6.92 Å². The van der Waals surface area contributed by atoms with Crippen molar-refractivity contribution in [2.24, 2.45) is 0 Å². The maximum absolute atomic E-state index is 3.49. The van der Waals surface area contributed by atoms with Crippen molar-refractivity contribution in [2.45, 2.75) is 26.8 Å². The third-order valence-corrected chi connectivity index (χ3v) is 3.13. The number of benzene rings is 2. The summed E-state index contributed by atoms with van der Waals surface area (Å²) in [5.41, 5.74) is 2.80. The van der Waals surface area contributed by atoms with E-state index >= 15 is 0 Å². The lowest BCUT2D eigenvalue weighted by Crippen LogP contribution is -2.18. The molecule has 0 aromatic heterocycles. The molecular formula is C15H19N. The number of aryl methyl sites for hydroxylation is 1. The predicted molar refractivity (Wildman–Crippen MR) is 70.8 cm³/mol. The second-order valence-electron chi connectivity index (χ2n) is 4.30. The number of rotatable bonds is 3. The van der Waals surface area contributed by atoms with E-state index in [0.717, 1.165) is 6.54 Å². The highest BCUT2D eigenvalue weighted by molar-refractivity contribution is 5.87. The Kier molecular flexibility index (Phi) is 3.25. The summed E-state index contributed by atoms with van der Waals surface area (Å²) in [6.07, 6.45) is 0. The molecule has 16 heavy (non-hydrogen) atoms. The highest BCUT2D eigenvalue weighted by atomic mass is 14.9. The summed E-state index contributed by atoms with van der Waals surface area (Å²) in [6, 6.07) is 13.4. The van der Waals surface area contributed by atoms with Crippen LogP contribution in [0.3, 0.4) is 0 Å². The maximum Gasteiger partial charge on any atom is 0.0300 e. The van der Waals surface area contributed by atoms with E-state index in [1.54, 1.807) is 0 Å². The highest BCUT2D eigenvalue weighted by Gasteiger charge is 2.10. The third kappa shape index (κ3) is 1.96. The molecule has 1 heteroatoms. The lowest BCUT2D eigenvalue weighted by Gasteiger charge is -2.18. The zero-order valence-electron chi connectivity index (χ0n) is 10.2. The van der Waals surface area contributed by atoms with E-state index in [-0.39, 0.29) is 0 Å². The van der Waals surface area contributed by atoms with E-state index in [1.165, 1.54) is 21.9 Å². The average molecular weight is 213 g/mol. The van der Waals surface area contributed by atoms with Gasteiger partial charge in [0.25, 0.3) is 0 Å². The van der Waals surface area contributed by atoms with Crippen LogP contribution in [-0.2, 0) is 0 Å². The quantitative estimate of drug-likeness (QED) is 0.817. The molecule has 0 aliphatic heterocycles. The van der Waals surface area contributed by atoms with Crippen LogP contribution in [0.25, 0.3) is 10.8 Å². The zero-order chi connectivity index (χ0) is 11.5. The second kappa shape index (κ2) is 4.67. The minimum Gasteiger partial charge on any atom is -0.310 e. The Morgan fingerprint density at radius 2 is 1.88 bits per heavy atom. The van der Waals surface area contributed by atoms with Crippen LogP contribution >= 0.6 is 0 Å². The Balaban J connectivity index is 2.61. The van der Waals surface area contributed by atoms with Crippen LogP contribution < -0.4 is 5.32 Å². The van der Waals surface area contributed by atoms with Crippen molar-refractivity contribution >= 4 is 10.8 Å². The molecule has 1 N–H and O–H groups in total. The summed E-state index contributed by atoms with van der Waals surface area (Å²) in [4.78, 5) is 0. The molecule has 84 valence electrons.